The summed E-state index contributed by atoms with van der Waals surface area (Å²) in [5.74, 6) is 0.0928. The predicted molar refractivity (Wildman–Crippen MR) is 125 cm³/mol. The Hall–Kier alpha value is -3.40. The van der Waals surface area contributed by atoms with Crippen LogP contribution in [0.1, 0.15) is 47.4 Å². The van der Waals surface area contributed by atoms with Gasteiger partial charge in [0, 0.05) is 57.9 Å². The average molecular weight is 473 g/mol. The molecule has 1 N–H and O–H groups in total. The molecule has 1 aliphatic rings. The van der Waals surface area contributed by atoms with Gasteiger partial charge >= 0.3 is 0 Å². The molecule has 10 heteroatoms. The van der Waals surface area contributed by atoms with Gasteiger partial charge in [0.25, 0.3) is 11.8 Å². The van der Waals surface area contributed by atoms with E-state index in [4.69, 9.17) is 14.0 Å². The number of benzene rings is 1. The van der Waals surface area contributed by atoms with Crippen LogP contribution in [0.15, 0.2) is 28.8 Å². The standard InChI is InChI=1S/C24H32N4O6/c1-14-11-28(17(4)29)15(2)13-33-21-10-18(25-23(30)20-9-16(3)34-26-20)7-8-19(21)24(31)27(5)12-22(14)32-6/h7-10,14-15,22H,11-13H2,1-6H3,(H,25,30)/t14-,15+,22+/m1/s1. The number of likely N-dealkylation sites (N-methyl/N-ethyl adjacent to an activating group) is 1. The molecule has 0 spiro atoms. The van der Waals surface area contributed by atoms with E-state index in [1.54, 1.807) is 49.1 Å². The first-order valence-electron chi connectivity index (χ1n) is 11.2. The van der Waals surface area contributed by atoms with E-state index in [1.807, 2.05) is 13.8 Å². The number of nitrogens with one attached hydrogen (secondary N) is 1. The quantitative estimate of drug-likeness (QED) is 0.730. The fourth-order valence-electron chi connectivity index (χ4n) is 3.96. The smallest absolute Gasteiger partial charge is 0.277 e. The lowest BCUT2D eigenvalue weighted by Gasteiger charge is -2.35. The maximum Gasteiger partial charge on any atom is 0.277 e. The summed E-state index contributed by atoms with van der Waals surface area (Å²) in [5, 5.41) is 6.46. The van der Waals surface area contributed by atoms with Crippen molar-refractivity contribution in [2.24, 2.45) is 5.92 Å². The third-order valence-corrected chi connectivity index (χ3v) is 5.97. The fourth-order valence-corrected chi connectivity index (χ4v) is 3.96. The van der Waals surface area contributed by atoms with Gasteiger partial charge in [-0.2, -0.15) is 0 Å². The molecule has 1 aromatic heterocycles. The maximum absolute atomic E-state index is 13.2. The van der Waals surface area contributed by atoms with Crippen molar-refractivity contribution in [1.82, 2.24) is 15.0 Å². The summed E-state index contributed by atoms with van der Waals surface area (Å²) in [6, 6.07) is 6.13. The van der Waals surface area contributed by atoms with E-state index in [2.05, 4.69) is 10.5 Å². The van der Waals surface area contributed by atoms with Crippen molar-refractivity contribution in [1.29, 1.82) is 0 Å². The average Bonchev–Trinajstić information content (AvgIpc) is 3.24. The number of ether oxygens (including phenoxy) is 2. The Bertz CT molecular complexity index is 1050. The van der Waals surface area contributed by atoms with Crippen molar-refractivity contribution in [3.05, 3.63) is 41.3 Å². The van der Waals surface area contributed by atoms with E-state index in [9.17, 15) is 14.4 Å². The largest absolute Gasteiger partial charge is 0.491 e. The zero-order valence-corrected chi connectivity index (χ0v) is 20.5. The number of fused-ring (bicyclic) bond motifs is 1. The van der Waals surface area contributed by atoms with Crippen LogP contribution in [0.3, 0.4) is 0 Å². The van der Waals surface area contributed by atoms with Crippen LogP contribution in [0.5, 0.6) is 5.75 Å². The maximum atomic E-state index is 13.2. The van der Waals surface area contributed by atoms with Gasteiger partial charge in [0.1, 0.15) is 18.1 Å². The second-order valence-electron chi connectivity index (χ2n) is 8.76. The number of hydrogen-bond donors (Lipinski definition) is 1. The number of anilines is 1. The summed E-state index contributed by atoms with van der Waals surface area (Å²) in [6.07, 6.45) is -0.253. The van der Waals surface area contributed by atoms with Gasteiger partial charge in [-0.3, -0.25) is 14.4 Å². The van der Waals surface area contributed by atoms with Crippen molar-refractivity contribution < 1.29 is 28.4 Å². The minimum Gasteiger partial charge on any atom is -0.491 e. The highest BCUT2D eigenvalue weighted by atomic mass is 16.5. The van der Waals surface area contributed by atoms with Gasteiger partial charge in [-0.25, -0.2) is 0 Å². The first-order valence-corrected chi connectivity index (χ1v) is 11.2. The van der Waals surface area contributed by atoms with Crippen molar-refractivity contribution in [3.63, 3.8) is 0 Å². The molecule has 3 rings (SSSR count). The topological polar surface area (TPSA) is 114 Å². The number of carbonyl (C=O) groups is 3. The molecular formula is C24H32N4O6. The normalized spacial score (nSPS) is 21.7. The zero-order valence-electron chi connectivity index (χ0n) is 20.5. The number of carbonyl (C=O) groups excluding carboxylic acids is 3. The Morgan fingerprint density at radius 3 is 2.56 bits per heavy atom. The Labute approximate surface area is 199 Å². The SMILES string of the molecule is CO[C@H]1CN(C)C(=O)c2ccc(NC(=O)c3cc(C)on3)cc2OC[C@H](C)N(C(C)=O)C[C@H]1C. The van der Waals surface area contributed by atoms with Crippen LogP contribution in [-0.4, -0.2) is 78.7 Å². The van der Waals surface area contributed by atoms with Crippen LogP contribution in [0.4, 0.5) is 5.69 Å². The Morgan fingerprint density at radius 1 is 1.21 bits per heavy atom. The number of hydrogen-bond acceptors (Lipinski definition) is 7. The third-order valence-electron chi connectivity index (χ3n) is 5.97. The lowest BCUT2D eigenvalue weighted by Crippen LogP contribution is -2.48. The Kier molecular flexibility index (Phi) is 7.93. The van der Waals surface area contributed by atoms with E-state index < -0.39 is 5.91 Å². The number of aryl methyl sites for hydroxylation is 1. The van der Waals surface area contributed by atoms with E-state index in [0.717, 1.165) is 0 Å². The van der Waals surface area contributed by atoms with Gasteiger partial charge in [-0.1, -0.05) is 12.1 Å². The van der Waals surface area contributed by atoms with E-state index in [1.165, 1.54) is 13.0 Å². The van der Waals surface area contributed by atoms with Crippen LogP contribution in [0.25, 0.3) is 0 Å². The monoisotopic (exact) mass is 472 g/mol. The number of rotatable bonds is 3. The highest BCUT2D eigenvalue weighted by molar-refractivity contribution is 6.03. The Balaban J connectivity index is 1.93. The number of nitrogens with zero attached hydrogens (tertiary/aromatic N) is 3. The molecule has 2 heterocycles. The molecule has 184 valence electrons. The molecule has 0 saturated carbocycles. The first kappa shape index (κ1) is 25.2. The number of amides is 3. The van der Waals surface area contributed by atoms with Crippen LogP contribution in [0.2, 0.25) is 0 Å². The molecule has 1 aromatic carbocycles. The van der Waals surface area contributed by atoms with Crippen LogP contribution < -0.4 is 10.1 Å². The summed E-state index contributed by atoms with van der Waals surface area (Å²) in [4.78, 5) is 41.4. The van der Waals surface area contributed by atoms with Crippen molar-refractivity contribution in [3.8, 4) is 5.75 Å². The second kappa shape index (κ2) is 10.7. The molecule has 3 atom stereocenters. The predicted octanol–water partition coefficient (Wildman–Crippen LogP) is 2.59. The van der Waals surface area contributed by atoms with Crippen LogP contribution in [-0.2, 0) is 9.53 Å². The molecule has 0 bridgehead atoms. The molecule has 2 aromatic rings. The third kappa shape index (κ3) is 5.74. The first-order chi connectivity index (χ1) is 16.1. The second-order valence-corrected chi connectivity index (χ2v) is 8.76. The molecule has 0 fully saturated rings. The summed E-state index contributed by atoms with van der Waals surface area (Å²) >= 11 is 0. The highest BCUT2D eigenvalue weighted by Gasteiger charge is 2.29. The molecule has 0 aliphatic carbocycles. The fraction of sp³-hybridized carbons (Fsp3) is 0.500. The van der Waals surface area contributed by atoms with E-state index >= 15 is 0 Å². The van der Waals surface area contributed by atoms with Gasteiger partial charge in [0.2, 0.25) is 5.91 Å². The van der Waals surface area contributed by atoms with Gasteiger partial charge in [0.15, 0.2) is 5.69 Å². The number of aromatic nitrogens is 1. The Morgan fingerprint density at radius 2 is 1.94 bits per heavy atom. The molecule has 0 radical (unpaired) electrons. The van der Waals surface area contributed by atoms with Crippen molar-refractivity contribution in [2.45, 2.75) is 39.8 Å². The van der Waals surface area contributed by atoms with E-state index in [-0.39, 0.29) is 42.2 Å². The molecule has 0 saturated heterocycles. The van der Waals surface area contributed by atoms with Crippen LogP contribution in [0, 0.1) is 12.8 Å². The van der Waals surface area contributed by atoms with Gasteiger partial charge in [0.05, 0.1) is 17.7 Å². The van der Waals surface area contributed by atoms with Gasteiger partial charge < -0.3 is 29.1 Å². The van der Waals surface area contributed by atoms with Gasteiger partial charge in [-0.05, 0) is 26.0 Å². The summed E-state index contributed by atoms with van der Waals surface area (Å²) in [6.45, 7) is 8.12. The minimum atomic E-state index is -0.443. The zero-order chi connectivity index (χ0) is 25.0. The van der Waals surface area contributed by atoms with Crippen molar-refractivity contribution >= 4 is 23.4 Å². The summed E-state index contributed by atoms with van der Waals surface area (Å²) in [5.41, 5.74) is 0.932. The molecule has 10 nitrogen and oxygen atoms in total. The summed E-state index contributed by atoms with van der Waals surface area (Å²) < 4.78 is 16.7. The molecule has 34 heavy (non-hydrogen) atoms. The van der Waals surface area contributed by atoms with E-state index in [0.29, 0.717) is 35.9 Å². The molecule has 0 unspecified atom stereocenters. The summed E-state index contributed by atoms with van der Waals surface area (Å²) in [7, 11) is 3.31. The lowest BCUT2D eigenvalue weighted by atomic mass is 10.0. The highest BCUT2D eigenvalue weighted by Crippen LogP contribution is 2.27. The lowest BCUT2D eigenvalue weighted by molar-refractivity contribution is -0.133. The minimum absolute atomic E-state index is 0.00301. The molecule has 3 amide bonds. The molecular weight excluding hydrogens is 440 g/mol. The number of methoxy groups -OCH3 is 1. The molecule has 1 aliphatic heterocycles. The van der Waals surface area contributed by atoms with Crippen LogP contribution >= 0.6 is 0 Å². The van der Waals surface area contributed by atoms with Gasteiger partial charge in [-0.15, -0.1) is 0 Å². The van der Waals surface area contributed by atoms with Crippen molar-refractivity contribution in [2.75, 3.05) is 39.2 Å².